The van der Waals surface area contributed by atoms with Gasteiger partial charge >= 0.3 is 11.4 Å². The molecule has 4 aromatic rings. The van der Waals surface area contributed by atoms with Crippen LogP contribution in [0.4, 0.5) is 0 Å². The van der Waals surface area contributed by atoms with E-state index in [9.17, 15) is 24.3 Å². The van der Waals surface area contributed by atoms with Gasteiger partial charge in [0.15, 0.2) is 11.6 Å². The molecule has 0 bridgehead atoms. The Morgan fingerprint density at radius 2 is 1.43 bits per heavy atom. The number of aromatic nitrogens is 3. The third kappa shape index (κ3) is 3.07. The third-order valence-corrected chi connectivity index (χ3v) is 10.4. The second-order valence-corrected chi connectivity index (χ2v) is 12.2. The fourth-order valence-electron chi connectivity index (χ4n) is 7.90. The maximum absolute atomic E-state index is 14.4. The molecule has 1 saturated carbocycles. The number of ketones is 2. The van der Waals surface area contributed by atoms with Crippen molar-refractivity contribution >= 4 is 22.3 Å². The summed E-state index contributed by atoms with van der Waals surface area (Å²) in [5.74, 6) is -0.692. The second-order valence-electron chi connectivity index (χ2n) is 12.2. The molecular formula is C34H31N3O5. The van der Waals surface area contributed by atoms with Gasteiger partial charge in [0.25, 0.3) is 0 Å². The summed E-state index contributed by atoms with van der Waals surface area (Å²) in [6.45, 7) is 7.29. The van der Waals surface area contributed by atoms with E-state index in [1.807, 2.05) is 56.3 Å². The number of benzene rings is 3. The summed E-state index contributed by atoms with van der Waals surface area (Å²) < 4.78 is 4.09. The minimum absolute atomic E-state index is 0.0965. The van der Waals surface area contributed by atoms with Crippen LogP contribution in [0.3, 0.4) is 0 Å². The van der Waals surface area contributed by atoms with Crippen LogP contribution >= 0.6 is 0 Å². The van der Waals surface area contributed by atoms with Gasteiger partial charge in [-0.15, -0.1) is 0 Å². The molecule has 0 amide bonds. The first-order valence-corrected chi connectivity index (χ1v) is 14.2. The van der Waals surface area contributed by atoms with E-state index in [2.05, 4.69) is 0 Å². The lowest BCUT2D eigenvalue weighted by Gasteiger charge is -2.58. The highest BCUT2D eigenvalue weighted by Crippen LogP contribution is 2.66. The molecule has 7 rings (SSSR count). The van der Waals surface area contributed by atoms with Crippen molar-refractivity contribution in [1.29, 1.82) is 0 Å². The molecule has 42 heavy (non-hydrogen) atoms. The summed E-state index contributed by atoms with van der Waals surface area (Å²) in [5.41, 5.74) is -0.313. The summed E-state index contributed by atoms with van der Waals surface area (Å²) >= 11 is 0. The van der Waals surface area contributed by atoms with Crippen molar-refractivity contribution < 1.29 is 14.7 Å². The average Bonchev–Trinajstić information content (AvgIpc) is 3.26. The quantitative estimate of drug-likeness (QED) is 0.353. The molecule has 2 heterocycles. The van der Waals surface area contributed by atoms with Gasteiger partial charge in [-0.25, -0.2) is 23.5 Å². The first kappa shape index (κ1) is 26.2. The van der Waals surface area contributed by atoms with Gasteiger partial charge in [-0.1, -0.05) is 68.5 Å². The standard InChI is InChI=1S/C34H31N3O5/c1-19-20(2)30(40)34(4)28(24-14-15-27(38)23-13-9-8-12-22(23)24)25-16-17-35-31(41)36(21-10-6-5-7-11-21)32(42)37(35)26(25)18-33(34,3)29(19)39/h5-16,26,28,38H,17-18H2,1-4H3/t26-,28+,33+,34-/m1/s1. The molecule has 212 valence electrons. The van der Waals surface area contributed by atoms with Gasteiger partial charge in [-0.3, -0.25) is 9.59 Å². The zero-order valence-corrected chi connectivity index (χ0v) is 23.9. The van der Waals surface area contributed by atoms with E-state index >= 15 is 0 Å². The van der Waals surface area contributed by atoms with E-state index in [0.29, 0.717) is 22.2 Å². The highest BCUT2D eigenvalue weighted by Gasteiger charge is 2.66. The van der Waals surface area contributed by atoms with Crippen molar-refractivity contribution in [2.45, 2.75) is 52.6 Å². The number of phenolic OH excluding ortho intramolecular Hbond substituents is 1. The van der Waals surface area contributed by atoms with Crippen LogP contribution in [0.15, 0.2) is 99.1 Å². The molecule has 8 heteroatoms. The molecular weight excluding hydrogens is 530 g/mol. The molecule has 8 nitrogen and oxygen atoms in total. The SMILES string of the molecule is CC1=C(C)C(=O)[C@@]2(C)[C@@H](c3ccc(O)c4ccccc34)C3=CCn4c(=O)n(-c5ccccc5)c(=O)n4[C@@H]3C[C@@]2(C)C1=O. The van der Waals surface area contributed by atoms with Crippen molar-refractivity contribution in [2.24, 2.45) is 10.8 Å². The first-order chi connectivity index (χ1) is 20.0. The van der Waals surface area contributed by atoms with E-state index in [1.165, 1.54) is 13.9 Å². The number of allylic oxidation sites excluding steroid dienone is 4. The van der Waals surface area contributed by atoms with Crippen LogP contribution in [-0.2, 0) is 16.1 Å². The number of phenols is 1. The lowest BCUT2D eigenvalue weighted by molar-refractivity contribution is -0.150. The van der Waals surface area contributed by atoms with Crippen molar-refractivity contribution in [3.8, 4) is 11.4 Å². The Labute approximate surface area is 241 Å². The van der Waals surface area contributed by atoms with Crippen molar-refractivity contribution in [3.05, 3.63) is 116 Å². The second kappa shape index (κ2) is 8.64. The monoisotopic (exact) mass is 561 g/mol. The number of fused-ring (bicyclic) bond motifs is 5. The molecule has 0 spiro atoms. The number of aromatic hydroxyl groups is 1. The van der Waals surface area contributed by atoms with Crippen molar-refractivity contribution in [2.75, 3.05) is 0 Å². The van der Waals surface area contributed by atoms with Gasteiger partial charge in [-0.05, 0) is 66.1 Å². The van der Waals surface area contributed by atoms with Gasteiger partial charge in [0.05, 0.1) is 23.7 Å². The predicted octanol–water partition coefficient (Wildman–Crippen LogP) is 4.83. The van der Waals surface area contributed by atoms with E-state index in [-0.39, 0.29) is 30.3 Å². The summed E-state index contributed by atoms with van der Waals surface area (Å²) in [4.78, 5) is 56.4. The Balaban J connectivity index is 1.55. The first-order valence-electron chi connectivity index (χ1n) is 14.2. The molecule has 0 radical (unpaired) electrons. The van der Waals surface area contributed by atoms with Gasteiger partial charge < -0.3 is 5.11 Å². The Hall–Kier alpha value is -4.72. The summed E-state index contributed by atoms with van der Waals surface area (Å²) in [7, 11) is 0. The molecule has 3 aliphatic rings. The summed E-state index contributed by atoms with van der Waals surface area (Å²) in [6.07, 6.45) is 2.14. The minimum atomic E-state index is -1.18. The Morgan fingerprint density at radius 1 is 0.786 bits per heavy atom. The van der Waals surface area contributed by atoms with Gasteiger partial charge in [-0.2, -0.15) is 0 Å². The minimum Gasteiger partial charge on any atom is -0.507 e. The molecule has 0 saturated heterocycles. The lowest BCUT2D eigenvalue weighted by atomic mass is 9.43. The fourth-order valence-corrected chi connectivity index (χ4v) is 7.90. The molecule has 4 atom stereocenters. The number of carbonyl (C=O) groups excluding carboxylic acids is 2. The van der Waals surface area contributed by atoms with Gasteiger partial charge in [0, 0.05) is 16.7 Å². The normalized spacial score (nSPS) is 27.0. The van der Waals surface area contributed by atoms with Crippen LogP contribution in [0.2, 0.25) is 0 Å². The van der Waals surface area contributed by atoms with Crippen LogP contribution in [0.25, 0.3) is 16.5 Å². The Bertz CT molecular complexity index is 2040. The summed E-state index contributed by atoms with van der Waals surface area (Å²) in [6, 6.07) is 19.1. The largest absolute Gasteiger partial charge is 0.507 e. The maximum Gasteiger partial charge on any atom is 0.352 e. The fraction of sp³-hybridized carbons (Fsp3) is 0.294. The Morgan fingerprint density at radius 3 is 2.14 bits per heavy atom. The summed E-state index contributed by atoms with van der Waals surface area (Å²) in [5, 5.41) is 12.1. The molecule has 1 N–H and O–H groups in total. The lowest BCUT2D eigenvalue weighted by Crippen LogP contribution is -2.61. The predicted molar refractivity (Wildman–Crippen MR) is 159 cm³/mol. The Kier molecular flexibility index (Phi) is 5.39. The van der Waals surface area contributed by atoms with Crippen LogP contribution < -0.4 is 11.4 Å². The number of hydrogen-bond acceptors (Lipinski definition) is 5. The van der Waals surface area contributed by atoms with Crippen LogP contribution in [0, 0.1) is 10.8 Å². The number of rotatable bonds is 2. The van der Waals surface area contributed by atoms with Gasteiger partial charge in [0.2, 0.25) is 0 Å². The van der Waals surface area contributed by atoms with Crippen LogP contribution in [0.1, 0.15) is 51.6 Å². The zero-order chi connectivity index (χ0) is 29.7. The molecule has 3 aromatic carbocycles. The molecule has 0 unspecified atom stereocenters. The average molecular weight is 562 g/mol. The smallest absolute Gasteiger partial charge is 0.352 e. The van der Waals surface area contributed by atoms with Gasteiger partial charge in [0.1, 0.15) is 5.75 Å². The van der Waals surface area contributed by atoms with Crippen LogP contribution in [0.5, 0.6) is 5.75 Å². The van der Waals surface area contributed by atoms with E-state index in [0.717, 1.165) is 16.5 Å². The van der Waals surface area contributed by atoms with E-state index < -0.39 is 34.2 Å². The topological polar surface area (TPSA) is 103 Å². The number of Topliss-reactive ketones (excluding diaryl/α,β-unsaturated/α-hetero) is 2. The molecule has 2 aliphatic carbocycles. The molecule has 1 aromatic heterocycles. The number of hydrogen-bond donors (Lipinski definition) is 1. The van der Waals surface area contributed by atoms with E-state index in [4.69, 9.17) is 0 Å². The molecule has 1 fully saturated rings. The highest BCUT2D eigenvalue weighted by atomic mass is 16.3. The third-order valence-electron chi connectivity index (χ3n) is 10.4. The number of para-hydroxylation sites is 1. The van der Waals surface area contributed by atoms with Crippen molar-refractivity contribution in [3.63, 3.8) is 0 Å². The zero-order valence-electron chi connectivity index (χ0n) is 23.9. The highest BCUT2D eigenvalue weighted by molar-refractivity contribution is 6.17. The number of carbonyl (C=O) groups is 2. The van der Waals surface area contributed by atoms with Crippen molar-refractivity contribution in [1.82, 2.24) is 13.9 Å². The maximum atomic E-state index is 14.4. The van der Waals surface area contributed by atoms with E-state index in [1.54, 1.807) is 44.2 Å². The molecule has 1 aliphatic heterocycles. The number of nitrogens with zero attached hydrogens (tertiary/aromatic N) is 3. The van der Waals surface area contributed by atoms with Crippen LogP contribution in [-0.4, -0.2) is 30.6 Å².